The molecule has 0 aromatic carbocycles. The first-order chi connectivity index (χ1) is 3.31. The maximum atomic E-state index is 7.85. The van der Waals surface area contributed by atoms with Crippen molar-refractivity contribution in [1.29, 1.82) is 5.26 Å². The quantitative estimate of drug-likeness (QED) is 0.252. The van der Waals surface area contributed by atoms with Crippen molar-refractivity contribution in [1.82, 2.24) is 0 Å². The lowest BCUT2D eigenvalue weighted by molar-refractivity contribution is 0.400. The van der Waals surface area contributed by atoms with E-state index in [-0.39, 0.29) is 0 Å². The van der Waals surface area contributed by atoms with Gasteiger partial charge in [-0.25, -0.2) is 0 Å². The molecule has 38 valence electrons. The van der Waals surface area contributed by atoms with E-state index in [0.29, 0.717) is 5.90 Å². The zero-order valence-corrected chi connectivity index (χ0v) is 4.30. The molecule has 0 amide bonds. The summed E-state index contributed by atoms with van der Waals surface area (Å²) in [5.41, 5.74) is 0. The van der Waals surface area contributed by atoms with Crippen LogP contribution in [0.4, 0.5) is 0 Å². The van der Waals surface area contributed by atoms with Gasteiger partial charge < -0.3 is 4.74 Å². The second-order valence-corrected chi connectivity index (χ2v) is 0.935. The molecule has 0 fully saturated rings. The first-order valence-corrected chi connectivity index (χ1v) is 1.78. The number of nitrogens with zero attached hydrogens (tertiary/aromatic N) is 2. The number of nitriles is 1. The summed E-state index contributed by atoms with van der Waals surface area (Å²) in [7, 11) is 1.47. The lowest BCUT2D eigenvalue weighted by atomic mass is 10.8. The maximum Gasteiger partial charge on any atom is 0.208 e. The standard InChI is InChI=1S/C4H6N2O/c1-4(7-2)6-3-5/h1-2H3/b6-4-. The molecule has 0 aliphatic heterocycles. The average Bonchev–Trinajstić information content (AvgIpc) is 1.68. The van der Waals surface area contributed by atoms with E-state index in [2.05, 4.69) is 9.73 Å². The van der Waals surface area contributed by atoms with Crippen molar-refractivity contribution in [2.75, 3.05) is 7.11 Å². The van der Waals surface area contributed by atoms with Crippen LogP contribution in [0, 0.1) is 11.5 Å². The first kappa shape index (κ1) is 5.96. The normalized spacial score (nSPS) is 10.1. The number of hydrogen-bond donors (Lipinski definition) is 0. The van der Waals surface area contributed by atoms with Crippen LogP contribution in [-0.4, -0.2) is 13.0 Å². The third kappa shape index (κ3) is 2.77. The van der Waals surface area contributed by atoms with Crippen LogP contribution in [0.2, 0.25) is 0 Å². The lowest BCUT2D eigenvalue weighted by Gasteiger charge is -1.88. The van der Waals surface area contributed by atoms with Crippen molar-refractivity contribution in [2.24, 2.45) is 4.99 Å². The van der Waals surface area contributed by atoms with E-state index in [0.717, 1.165) is 0 Å². The molecule has 0 bridgehead atoms. The number of rotatable bonds is 0. The smallest absolute Gasteiger partial charge is 0.208 e. The molecule has 3 nitrogen and oxygen atoms in total. The molecule has 0 rings (SSSR count). The molecule has 0 atom stereocenters. The minimum absolute atomic E-state index is 0.391. The summed E-state index contributed by atoms with van der Waals surface area (Å²) in [5.74, 6) is 0.391. The lowest BCUT2D eigenvalue weighted by Crippen LogP contribution is -1.90. The maximum absolute atomic E-state index is 7.85. The third-order valence-corrected chi connectivity index (χ3v) is 0.503. The van der Waals surface area contributed by atoms with Crippen molar-refractivity contribution in [3.8, 4) is 6.19 Å². The van der Waals surface area contributed by atoms with E-state index < -0.39 is 0 Å². The zero-order chi connectivity index (χ0) is 5.70. The van der Waals surface area contributed by atoms with E-state index in [1.54, 1.807) is 13.1 Å². The van der Waals surface area contributed by atoms with Gasteiger partial charge in [-0.15, -0.1) is 4.99 Å². The molecule has 0 aromatic heterocycles. The van der Waals surface area contributed by atoms with Gasteiger partial charge in [-0.1, -0.05) is 0 Å². The molecule has 0 heterocycles. The second kappa shape index (κ2) is 3.16. The van der Waals surface area contributed by atoms with Crippen LogP contribution in [0.15, 0.2) is 4.99 Å². The SMILES string of the molecule is CO/C(C)=N\C#N. The molecule has 7 heavy (non-hydrogen) atoms. The van der Waals surface area contributed by atoms with Crippen LogP contribution < -0.4 is 0 Å². The monoisotopic (exact) mass is 98.0 g/mol. The Morgan fingerprint density at radius 1 is 1.86 bits per heavy atom. The highest BCUT2D eigenvalue weighted by atomic mass is 16.5. The minimum Gasteiger partial charge on any atom is -0.484 e. The molecule has 0 aliphatic rings. The Morgan fingerprint density at radius 2 is 2.43 bits per heavy atom. The van der Waals surface area contributed by atoms with Crippen LogP contribution in [-0.2, 0) is 4.74 Å². The molecule has 0 radical (unpaired) electrons. The molecule has 0 aliphatic carbocycles. The summed E-state index contributed by atoms with van der Waals surface area (Å²) in [6.45, 7) is 1.61. The van der Waals surface area contributed by atoms with Crippen molar-refractivity contribution in [2.45, 2.75) is 6.92 Å². The Balaban J connectivity index is 3.56. The molecule has 0 unspecified atom stereocenters. The highest BCUT2D eigenvalue weighted by Gasteiger charge is 1.78. The summed E-state index contributed by atoms with van der Waals surface area (Å²) in [5, 5.41) is 7.85. The van der Waals surface area contributed by atoms with Crippen LogP contribution in [0.25, 0.3) is 0 Å². The van der Waals surface area contributed by atoms with Gasteiger partial charge in [0.05, 0.1) is 7.11 Å². The van der Waals surface area contributed by atoms with E-state index in [1.807, 2.05) is 0 Å². The molecule has 0 aromatic rings. The largest absolute Gasteiger partial charge is 0.484 e. The predicted molar refractivity (Wildman–Crippen MR) is 25.7 cm³/mol. The molecule has 0 spiro atoms. The van der Waals surface area contributed by atoms with E-state index >= 15 is 0 Å². The van der Waals surface area contributed by atoms with Crippen LogP contribution in [0.5, 0.6) is 0 Å². The van der Waals surface area contributed by atoms with Gasteiger partial charge >= 0.3 is 0 Å². The van der Waals surface area contributed by atoms with Gasteiger partial charge in [0.25, 0.3) is 0 Å². The van der Waals surface area contributed by atoms with Gasteiger partial charge in [0.2, 0.25) is 6.19 Å². The highest BCUT2D eigenvalue weighted by Crippen LogP contribution is 1.72. The highest BCUT2D eigenvalue weighted by molar-refractivity contribution is 5.73. The summed E-state index contributed by atoms with van der Waals surface area (Å²) in [6.07, 6.45) is 1.58. The predicted octanol–water partition coefficient (Wildman–Crippen LogP) is 0.532. The fourth-order valence-electron chi connectivity index (χ4n) is 0.116. The van der Waals surface area contributed by atoms with Crippen molar-refractivity contribution in [3.63, 3.8) is 0 Å². The number of ether oxygens (including phenoxy) is 1. The molecular weight excluding hydrogens is 92.1 g/mol. The van der Waals surface area contributed by atoms with Crippen LogP contribution in [0.1, 0.15) is 6.92 Å². The van der Waals surface area contributed by atoms with Gasteiger partial charge in [0.15, 0.2) is 5.90 Å². The number of aliphatic imine (C=N–C) groups is 1. The van der Waals surface area contributed by atoms with Crippen LogP contribution in [0.3, 0.4) is 0 Å². The summed E-state index contributed by atoms with van der Waals surface area (Å²) >= 11 is 0. The molecule has 0 saturated carbocycles. The van der Waals surface area contributed by atoms with Crippen molar-refractivity contribution < 1.29 is 4.74 Å². The first-order valence-electron chi connectivity index (χ1n) is 1.78. The Labute approximate surface area is 42.2 Å². The fourth-order valence-corrected chi connectivity index (χ4v) is 0.116. The average molecular weight is 98.1 g/mol. The fraction of sp³-hybridized carbons (Fsp3) is 0.500. The van der Waals surface area contributed by atoms with Gasteiger partial charge in [-0.2, -0.15) is 5.26 Å². The number of hydrogen-bond acceptors (Lipinski definition) is 3. The van der Waals surface area contributed by atoms with Gasteiger partial charge in [0.1, 0.15) is 0 Å². The van der Waals surface area contributed by atoms with Gasteiger partial charge in [-0.05, 0) is 0 Å². The summed E-state index contributed by atoms with van der Waals surface area (Å²) < 4.78 is 4.52. The molecular formula is C4H6N2O. The third-order valence-electron chi connectivity index (χ3n) is 0.503. The van der Waals surface area contributed by atoms with E-state index in [4.69, 9.17) is 5.26 Å². The number of methoxy groups -OCH3 is 1. The molecule has 0 N–H and O–H groups in total. The van der Waals surface area contributed by atoms with Gasteiger partial charge in [-0.3, -0.25) is 0 Å². The van der Waals surface area contributed by atoms with Crippen LogP contribution >= 0.6 is 0 Å². The minimum atomic E-state index is 0.391. The second-order valence-electron chi connectivity index (χ2n) is 0.935. The Morgan fingerprint density at radius 3 is 2.57 bits per heavy atom. The van der Waals surface area contributed by atoms with E-state index in [1.165, 1.54) is 7.11 Å². The summed E-state index contributed by atoms with van der Waals surface area (Å²) in [4.78, 5) is 3.24. The molecule has 0 saturated heterocycles. The topological polar surface area (TPSA) is 45.4 Å². The molecule has 3 heteroatoms. The van der Waals surface area contributed by atoms with E-state index in [9.17, 15) is 0 Å². The van der Waals surface area contributed by atoms with Gasteiger partial charge in [0, 0.05) is 6.92 Å². The Bertz CT molecular complexity index is 111. The Hall–Kier alpha value is -1.04. The zero-order valence-electron chi connectivity index (χ0n) is 4.30. The summed E-state index contributed by atoms with van der Waals surface area (Å²) in [6, 6.07) is 0. The van der Waals surface area contributed by atoms with Crippen molar-refractivity contribution in [3.05, 3.63) is 0 Å². The Kier molecular flexibility index (Phi) is 2.69. The van der Waals surface area contributed by atoms with Crippen molar-refractivity contribution >= 4 is 5.90 Å².